The van der Waals surface area contributed by atoms with Gasteiger partial charge in [-0.25, -0.2) is 19.7 Å². The number of carbonyl (C=O) groups excluding carboxylic acids is 3. The van der Waals surface area contributed by atoms with Gasteiger partial charge in [0, 0.05) is 37.4 Å². The highest BCUT2D eigenvalue weighted by molar-refractivity contribution is 6.13. The molecule has 0 radical (unpaired) electrons. The summed E-state index contributed by atoms with van der Waals surface area (Å²) in [6, 6.07) is 8.81. The van der Waals surface area contributed by atoms with E-state index in [1.807, 2.05) is 41.9 Å². The van der Waals surface area contributed by atoms with Gasteiger partial charge in [0.1, 0.15) is 30.6 Å². The molecule has 2 N–H and O–H groups in total. The van der Waals surface area contributed by atoms with E-state index in [1.165, 1.54) is 31.1 Å². The van der Waals surface area contributed by atoms with Crippen molar-refractivity contribution in [3.8, 4) is 6.07 Å². The van der Waals surface area contributed by atoms with E-state index in [2.05, 4.69) is 32.5 Å². The second-order valence-electron chi connectivity index (χ2n) is 11.1. The predicted octanol–water partition coefficient (Wildman–Crippen LogP) is 4.26. The Morgan fingerprint density at radius 3 is 2.41 bits per heavy atom. The number of aryl methyl sites for hydroxylation is 1. The highest BCUT2D eigenvalue weighted by Gasteiger charge is 2.36. The Labute approximate surface area is 255 Å². The number of imidazole rings is 1. The van der Waals surface area contributed by atoms with Crippen LogP contribution in [0.25, 0.3) is 5.65 Å². The van der Waals surface area contributed by atoms with Crippen molar-refractivity contribution < 1.29 is 14.4 Å². The zero-order valence-electron chi connectivity index (χ0n) is 24.9. The maximum Gasteiger partial charge on any atom is 0.331 e. The Hall–Kier alpha value is -5.38. The minimum Gasteiger partial charge on any atom is -0.364 e. The zero-order valence-corrected chi connectivity index (χ0v) is 24.9. The van der Waals surface area contributed by atoms with Gasteiger partial charge in [0.25, 0.3) is 0 Å². The second kappa shape index (κ2) is 13.3. The topological polar surface area (TPSA) is 162 Å². The van der Waals surface area contributed by atoms with Crippen molar-refractivity contribution in [1.29, 1.82) is 5.26 Å². The number of amides is 4. The van der Waals surface area contributed by atoms with Crippen LogP contribution in [0.1, 0.15) is 61.0 Å². The Balaban J connectivity index is 0.000000244. The molecule has 3 aliphatic rings. The molecule has 0 unspecified atom stereocenters. The Morgan fingerprint density at radius 1 is 1.07 bits per heavy atom. The third-order valence-electron chi connectivity index (χ3n) is 7.36. The van der Waals surface area contributed by atoms with Crippen molar-refractivity contribution >= 4 is 41.3 Å². The summed E-state index contributed by atoms with van der Waals surface area (Å²) in [5.74, 6) is 2.25. The summed E-state index contributed by atoms with van der Waals surface area (Å²) in [4.78, 5) is 54.6. The fourth-order valence-electron chi connectivity index (χ4n) is 4.34. The molecule has 4 aromatic rings. The molecule has 13 heteroatoms. The largest absolute Gasteiger partial charge is 0.364 e. The summed E-state index contributed by atoms with van der Waals surface area (Å²) < 4.78 is 1.91. The molecule has 3 fully saturated rings. The number of fused-ring (bicyclic) bond motifs is 1. The minimum absolute atomic E-state index is 0.00695. The maximum absolute atomic E-state index is 12.6. The van der Waals surface area contributed by atoms with Gasteiger partial charge in [0.15, 0.2) is 5.65 Å². The van der Waals surface area contributed by atoms with Crippen molar-refractivity contribution in [3.63, 3.8) is 0 Å². The third kappa shape index (κ3) is 7.52. The molecule has 1 aliphatic heterocycles. The van der Waals surface area contributed by atoms with Crippen LogP contribution in [0.3, 0.4) is 0 Å². The third-order valence-corrected chi connectivity index (χ3v) is 7.36. The van der Waals surface area contributed by atoms with Crippen molar-refractivity contribution in [2.75, 3.05) is 29.1 Å². The van der Waals surface area contributed by atoms with E-state index in [-0.39, 0.29) is 18.5 Å². The Bertz CT molecular complexity index is 1700. The first-order valence-electron chi connectivity index (χ1n) is 14.4. The average molecular weight is 595 g/mol. The van der Waals surface area contributed by atoms with Gasteiger partial charge in [-0.15, -0.1) is 0 Å². The summed E-state index contributed by atoms with van der Waals surface area (Å²) in [6.07, 6.45) is 12.6. The number of rotatable bonds is 7. The molecular weight excluding hydrogens is 560 g/mol. The highest BCUT2D eigenvalue weighted by Crippen LogP contribution is 2.42. The van der Waals surface area contributed by atoms with E-state index in [4.69, 9.17) is 10.2 Å². The van der Waals surface area contributed by atoms with Gasteiger partial charge in [-0.05, 0) is 55.4 Å². The average Bonchev–Trinajstić information content (AvgIpc) is 3.96. The predicted molar refractivity (Wildman–Crippen MR) is 164 cm³/mol. The molecule has 0 aromatic carbocycles. The second-order valence-corrected chi connectivity index (χ2v) is 11.1. The SMILES string of the molecule is CC1CC1.CN1C(=O)CN(c2cc(C3CC3)cn3cc(CNc4cc(NC=O)ncn4)nc23)C1=O.Cc1ccc(C#N)cn1. The van der Waals surface area contributed by atoms with E-state index >= 15 is 0 Å². The van der Waals surface area contributed by atoms with Gasteiger partial charge < -0.3 is 15.0 Å². The molecule has 2 aliphatic carbocycles. The van der Waals surface area contributed by atoms with Crippen molar-refractivity contribution in [3.05, 3.63) is 71.7 Å². The first-order chi connectivity index (χ1) is 21.2. The van der Waals surface area contributed by atoms with Gasteiger partial charge in [-0.1, -0.05) is 19.8 Å². The first-order valence-corrected chi connectivity index (χ1v) is 14.4. The lowest BCUT2D eigenvalue weighted by atomic mass is 10.1. The summed E-state index contributed by atoms with van der Waals surface area (Å²) in [6.45, 7) is 4.55. The molecule has 0 atom stereocenters. The number of anilines is 3. The van der Waals surface area contributed by atoms with Gasteiger partial charge >= 0.3 is 6.03 Å². The number of imide groups is 1. The number of carbonyl (C=O) groups is 3. The number of aromatic nitrogens is 5. The lowest BCUT2D eigenvalue weighted by molar-refractivity contribution is -0.123. The van der Waals surface area contributed by atoms with E-state index in [9.17, 15) is 14.4 Å². The number of nitrogens with zero attached hydrogens (tertiary/aromatic N) is 8. The Morgan fingerprint density at radius 2 is 1.82 bits per heavy atom. The van der Waals surface area contributed by atoms with Gasteiger partial charge in [-0.2, -0.15) is 5.26 Å². The lowest BCUT2D eigenvalue weighted by Crippen LogP contribution is -2.30. The molecule has 7 rings (SSSR count). The molecule has 13 nitrogen and oxygen atoms in total. The van der Waals surface area contributed by atoms with Crippen LogP contribution in [0.5, 0.6) is 0 Å². The summed E-state index contributed by atoms with van der Waals surface area (Å²) in [5.41, 5.74) is 4.68. The van der Waals surface area contributed by atoms with Gasteiger partial charge in [0.05, 0.1) is 23.5 Å². The molecule has 226 valence electrons. The molecule has 4 amide bonds. The van der Waals surface area contributed by atoms with E-state index in [0.717, 1.165) is 40.6 Å². The quantitative estimate of drug-likeness (QED) is 0.235. The molecular formula is C31H34N10O3. The molecule has 1 saturated heterocycles. The molecule has 44 heavy (non-hydrogen) atoms. The fraction of sp³-hybridized carbons (Fsp3) is 0.355. The van der Waals surface area contributed by atoms with Crippen molar-refractivity contribution in [1.82, 2.24) is 29.2 Å². The number of hydrogen-bond acceptors (Lipinski definition) is 9. The fourth-order valence-corrected chi connectivity index (χ4v) is 4.34. The van der Waals surface area contributed by atoms with Crippen LogP contribution >= 0.6 is 0 Å². The van der Waals surface area contributed by atoms with Crippen LogP contribution in [0.15, 0.2) is 49.2 Å². The summed E-state index contributed by atoms with van der Waals surface area (Å²) in [7, 11) is 1.49. The lowest BCUT2D eigenvalue weighted by Gasteiger charge is -2.17. The van der Waals surface area contributed by atoms with E-state index in [1.54, 1.807) is 18.3 Å². The molecule has 5 heterocycles. The number of hydrogen-bond donors (Lipinski definition) is 2. The van der Waals surface area contributed by atoms with Crippen LogP contribution in [0, 0.1) is 24.2 Å². The van der Waals surface area contributed by atoms with Crippen LogP contribution < -0.4 is 15.5 Å². The number of likely N-dealkylation sites (N-methyl/N-ethyl adjacent to an activating group) is 1. The van der Waals surface area contributed by atoms with Crippen LogP contribution in [0.2, 0.25) is 0 Å². The molecule has 2 saturated carbocycles. The standard InChI is InChI=1S/C20H20N8O3.C7H6N2.C4H8/c1-26-18(30)9-28(20(26)31)15-4-13(12-2-3-12)7-27-8-14(25-19(15)27)6-21-16-5-17(24-11-29)23-10-22-16;1-6-2-3-7(4-8)5-9-6;1-4-2-3-4/h4-5,7-8,10-12H,2-3,6,9H2,1H3,(H2,21,22,23,24,29);2-3,5H,1H3;4H,2-3H2,1H3. The van der Waals surface area contributed by atoms with Crippen LogP contribution in [-0.4, -0.2) is 61.2 Å². The van der Waals surface area contributed by atoms with E-state index in [0.29, 0.717) is 47.4 Å². The highest BCUT2D eigenvalue weighted by atomic mass is 16.2. The molecule has 4 aromatic heterocycles. The van der Waals surface area contributed by atoms with Crippen molar-refractivity contribution in [2.45, 2.75) is 52.0 Å². The van der Waals surface area contributed by atoms with E-state index < -0.39 is 0 Å². The van der Waals surface area contributed by atoms with Gasteiger partial charge in [-0.3, -0.25) is 24.4 Å². The van der Waals surface area contributed by atoms with Crippen LogP contribution in [0.4, 0.5) is 22.1 Å². The smallest absolute Gasteiger partial charge is 0.331 e. The van der Waals surface area contributed by atoms with Crippen LogP contribution in [-0.2, 0) is 16.1 Å². The number of urea groups is 1. The van der Waals surface area contributed by atoms with Crippen molar-refractivity contribution in [2.24, 2.45) is 5.92 Å². The number of pyridine rings is 2. The summed E-state index contributed by atoms with van der Waals surface area (Å²) >= 11 is 0. The van der Waals surface area contributed by atoms with Gasteiger partial charge in [0.2, 0.25) is 12.3 Å². The normalized spacial score (nSPS) is 15.6. The zero-order chi connectivity index (χ0) is 31.2. The number of nitriles is 1. The monoisotopic (exact) mass is 594 g/mol. The Kier molecular flexibility index (Phi) is 9.09. The minimum atomic E-state index is -0.348. The maximum atomic E-state index is 12.6. The number of nitrogens with one attached hydrogen (secondary N) is 2. The molecule has 0 bridgehead atoms. The first kappa shape index (κ1) is 30.1. The summed E-state index contributed by atoms with van der Waals surface area (Å²) in [5, 5.41) is 14.0. The molecule has 0 spiro atoms.